The van der Waals surface area contributed by atoms with Crippen LogP contribution in [0.4, 0.5) is 5.69 Å². The van der Waals surface area contributed by atoms with E-state index in [1.54, 1.807) is 0 Å². The molecular weight excluding hydrogens is 380 g/mol. The van der Waals surface area contributed by atoms with Gasteiger partial charge in [-0.3, -0.25) is 4.79 Å². The normalized spacial score (nSPS) is 16.1. The number of hydrazone groups is 1. The molecule has 2 aliphatic rings. The molecule has 0 N–H and O–H groups in total. The highest BCUT2D eigenvalue weighted by Crippen LogP contribution is 2.51. The summed E-state index contributed by atoms with van der Waals surface area (Å²) >= 11 is 0. The SMILES string of the molecule is O=C1c2ccccc2C2(CC(c3ccccc3)=NN2c2ccccc2)c2ccccc21. The van der Waals surface area contributed by atoms with E-state index in [2.05, 4.69) is 41.4 Å². The molecule has 0 amide bonds. The van der Waals surface area contributed by atoms with Crippen molar-refractivity contribution in [3.63, 3.8) is 0 Å². The Bertz CT molecular complexity index is 1280. The Morgan fingerprint density at radius 2 is 1.16 bits per heavy atom. The maximum atomic E-state index is 13.4. The molecule has 0 bridgehead atoms. The first kappa shape index (κ1) is 17.8. The lowest BCUT2D eigenvalue weighted by molar-refractivity contribution is 0.103. The lowest BCUT2D eigenvalue weighted by Gasteiger charge is -2.43. The van der Waals surface area contributed by atoms with E-state index < -0.39 is 5.54 Å². The number of ketones is 1. The molecule has 4 aromatic rings. The average molecular weight is 400 g/mol. The minimum atomic E-state index is -0.576. The summed E-state index contributed by atoms with van der Waals surface area (Å²) in [6, 6.07) is 36.5. The highest BCUT2D eigenvalue weighted by molar-refractivity contribution is 6.15. The number of fused-ring (bicyclic) bond motifs is 4. The standard InChI is InChI=1S/C28H20N2O/c31-27-22-15-7-9-17-24(22)28(25-18-10-8-16-23(25)27)19-26(20-11-3-1-4-12-20)29-30(28)21-13-5-2-6-14-21/h1-18H,19H2. The maximum absolute atomic E-state index is 13.4. The van der Waals surface area contributed by atoms with Crippen LogP contribution in [0, 0.1) is 0 Å². The molecular formula is C28H20N2O. The van der Waals surface area contributed by atoms with E-state index in [-0.39, 0.29) is 5.78 Å². The van der Waals surface area contributed by atoms with E-state index in [1.807, 2.05) is 72.8 Å². The van der Waals surface area contributed by atoms with Gasteiger partial charge in [0.15, 0.2) is 5.78 Å². The minimum absolute atomic E-state index is 0.0815. The van der Waals surface area contributed by atoms with Crippen molar-refractivity contribution in [2.45, 2.75) is 12.0 Å². The van der Waals surface area contributed by atoms with E-state index in [1.165, 1.54) is 0 Å². The van der Waals surface area contributed by atoms with Gasteiger partial charge in [0.1, 0.15) is 5.54 Å². The summed E-state index contributed by atoms with van der Waals surface area (Å²) in [5, 5.41) is 7.29. The van der Waals surface area contributed by atoms with Crippen molar-refractivity contribution >= 4 is 17.2 Å². The van der Waals surface area contributed by atoms with Gasteiger partial charge < -0.3 is 0 Å². The van der Waals surface area contributed by atoms with Crippen LogP contribution in [0.25, 0.3) is 0 Å². The van der Waals surface area contributed by atoms with Crippen molar-refractivity contribution in [3.8, 4) is 0 Å². The Hall–Kier alpha value is -3.98. The van der Waals surface area contributed by atoms with Crippen LogP contribution in [0.1, 0.15) is 39.0 Å². The summed E-state index contributed by atoms with van der Waals surface area (Å²) in [4.78, 5) is 13.4. The van der Waals surface area contributed by atoms with Crippen molar-refractivity contribution in [3.05, 3.63) is 137 Å². The second-order valence-corrected chi connectivity index (χ2v) is 8.02. The molecule has 148 valence electrons. The van der Waals surface area contributed by atoms with Crippen LogP contribution < -0.4 is 5.01 Å². The predicted octanol–water partition coefficient (Wildman–Crippen LogP) is 5.79. The highest BCUT2D eigenvalue weighted by atomic mass is 16.1. The van der Waals surface area contributed by atoms with Gasteiger partial charge in [-0.15, -0.1) is 0 Å². The van der Waals surface area contributed by atoms with E-state index in [0.717, 1.165) is 39.2 Å². The number of para-hydroxylation sites is 1. The molecule has 6 rings (SSSR count). The summed E-state index contributed by atoms with van der Waals surface area (Å²) in [7, 11) is 0. The number of carbonyl (C=O) groups is 1. The molecule has 1 heterocycles. The van der Waals surface area contributed by atoms with Gasteiger partial charge in [-0.05, 0) is 28.8 Å². The molecule has 1 aliphatic heterocycles. The van der Waals surface area contributed by atoms with Crippen LogP contribution in [-0.2, 0) is 5.54 Å². The second-order valence-electron chi connectivity index (χ2n) is 8.02. The van der Waals surface area contributed by atoms with Crippen LogP contribution >= 0.6 is 0 Å². The summed E-state index contributed by atoms with van der Waals surface area (Å²) in [5.74, 6) is 0.0815. The first-order valence-corrected chi connectivity index (χ1v) is 10.5. The van der Waals surface area contributed by atoms with Gasteiger partial charge in [0, 0.05) is 17.5 Å². The molecule has 0 saturated carbocycles. The average Bonchev–Trinajstić information content (AvgIpc) is 3.25. The van der Waals surface area contributed by atoms with E-state index in [9.17, 15) is 4.79 Å². The number of rotatable bonds is 2. The molecule has 0 aromatic heterocycles. The summed E-state index contributed by atoms with van der Waals surface area (Å²) in [5.41, 5.74) is 6.09. The first-order valence-electron chi connectivity index (χ1n) is 10.5. The molecule has 0 unspecified atom stereocenters. The Kier molecular flexibility index (Phi) is 3.90. The van der Waals surface area contributed by atoms with Crippen LogP contribution in [-0.4, -0.2) is 11.5 Å². The number of benzene rings is 4. The summed E-state index contributed by atoms with van der Waals surface area (Å²) in [6.07, 6.45) is 0.688. The molecule has 0 saturated heterocycles. The van der Waals surface area contributed by atoms with Gasteiger partial charge in [-0.2, -0.15) is 5.10 Å². The number of hydrogen-bond donors (Lipinski definition) is 0. The zero-order chi connectivity index (χ0) is 20.8. The summed E-state index contributed by atoms with van der Waals surface area (Å²) in [6.45, 7) is 0. The Balaban J connectivity index is 1.67. The number of anilines is 1. The number of carbonyl (C=O) groups excluding carboxylic acids is 1. The zero-order valence-electron chi connectivity index (χ0n) is 16.9. The van der Waals surface area contributed by atoms with Gasteiger partial charge in [-0.25, -0.2) is 5.01 Å². The van der Waals surface area contributed by atoms with Crippen molar-refractivity contribution in [2.75, 3.05) is 5.01 Å². The van der Waals surface area contributed by atoms with E-state index in [4.69, 9.17) is 5.10 Å². The van der Waals surface area contributed by atoms with Crippen LogP contribution in [0.2, 0.25) is 0 Å². The third kappa shape index (κ3) is 2.53. The Morgan fingerprint density at radius 1 is 0.645 bits per heavy atom. The molecule has 1 aliphatic carbocycles. The quantitative estimate of drug-likeness (QED) is 0.427. The lowest BCUT2D eigenvalue weighted by atomic mass is 9.69. The largest absolute Gasteiger partial charge is 0.289 e. The van der Waals surface area contributed by atoms with Crippen molar-refractivity contribution in [2.24, 2.45) is 5.10 Å². The van der Waals surface area contributed by atoms with Crippen molar-refractivity contribution in [1.29, 1.82) is 0 Å². The molecule has 4 aromatic carbocycles. The molecule has 1 spiro atoms. The number of hydrogen-bond acceptors (Lipinski definition) is 3. The third-order valence-electron chi connectivity index (χ3n) is 6.35. The van der Waals surface area contributed by atoms with Crippen molar-refractivity contribution < 1.29 is 4.79 Å². The fourth-order valence-corrected chi connectivity index (χ4v) is 4.99. The van der Waals surface area contributed by atoms with Gasteiger partial charge in [0.25, 0.3) is 0 Å². The second kappa shape index (κ2) is 6.78. The molecule has 0 radical (unpaired) electrons. The van der Waals surface area contributed by atoms with E-state index >= 15 is 0 Å². The number of nitrogens with zero attached hydrogens (tertiary/aromatic N) is 2. The lowest BCUT2D eigenvalue weighted by Crippen LogP contribution is -2.46. The summed E-state index contributed by atoms with van der Waals surface area (Å²) < 4.78 is 0. The molecule has 3 nitrogen and oxygen atoms in total. The monoisotopic (exact) mass is 400 g/mol. The molecule has 3 heteroatoms. The Labute approximate surface area is 181 Å². The highest BCUT2D eigenvalue weighted by Gasteiger charge is 2.52. The maximum Gasteiger partial charge on any atom is 0.193 e. The van der Waals surface area contributed by atoms with Gasteiger partial charge in [0.05, 0.1) is 11.4 Å². The van der Waals surface area contributed by atoms with E-state index in [0.29, 0.717) is 6.42 Å². The smallest absolute Gasteiger partial charge is 0.193 e. The van der Waals surface area contributed by atoms with Gasteiger partial charge in [-0.1, -0.05) is 97.1 Å². The van der Waals surface area contributed by atoms with Crippen LogP contribution in [0.3, 0.4) is 0 Å². The van der Waals surface area contributed by atoms with Gasteiger partial charge in [0.2, 0.25) is 0 Å². The van der Waals surface area contributed by atoms with Crippen molar-refractivity contribution in [1.82, 2.24) is 0 Å². The molecule has 0 fully saturated rings. The van der Waals surface area contributed by atoms with Crippen LogP contribution in [0.5, 0.6) is 0 Å². The fourth-order valence-electron chi connectivity index (χ4n) is 4.99. The van der Waals surface area contributed by atoms with Crippen LogP contribution in [0.15, 0.2) is 114 Å². The Morgan fingerprint density at radius 3 is 1.77 bits per heavy atom. The minimum Gasteiger partial charge on any atom is -0.289 e. The van der Waals surface area contributed by atoms with Gasteiger partial charge >= 0.3 is 0 Å². The third-order valence-corrected chi connectivity index (χ3v) is 6.35. The first-order chi connectivity index (χ1) is 15.3. The molecule has 31 heavy (non-hydrogen) atoms. The zero-order valence-corrected chi connectivity index (χ0v) is 16.9. The topological polar surface area (TPSA) is 32.7 Å². The predicted molar refractivity (Wildman–Crippen MR) is 124 cm³/mol. The molecule has 0 atom stereocenters. The fraction of sp³-hybridized carbons (Fsp3) is 0.0714.